The number of carbonyl (C=O) groups is 1. The molecular weight excluding hydrogens is 248 g/mol. The van der Waals surface area contributed by atoms with Crippen LogP contribution in [0.5, 0.6) is 0 Å². The molecule has 0 N–H and O–H groups in total. The van der Waals surface area contributed by atoms with Crippen molar-refractivity contribution in [3.8, 4) is 0 Å². The van der Waals surface area contributed by atoms with Crippen LogP contribution in [0.3, 0.4) is 0 Å². The van der Waals surface area contributed by atoms with Crippen molar-refractivity contribution >= 4 is 5.97 Å². The molecule has 116 valence electrons. The van der Waals surface area contributed by atoms with Crippen LogP contribution in [0.25, 0.3) is 0 Å². The molecule has 0 spiro atoms. The molecule has 20 heavy (non-hydrogen) atoms. The first-order chi connectivity index (χ1) is 9.77. The first kappa shape index (κ1) is 18.9. The van der Waals surface area contributed by atoms with E-state index in [0.717, 1.165) is 25.7 Å². The van der Waals surface area contributed by atoms with E-state index < -0.39 is 5.97 Å². The van der Waals surface area contributed by atoms with Gasteiger partial charge in [0.15, 0.2) is 0 Å². The van der Waals surface area contributed by atoms with Crippen molar-refractivity contribution < 1.29 is 9.90 Å². The van der Waals surface area contributed by atoms with Gasteiger partial charge in [0.1, 0.15) is 0 Å². The predicted octanol–water partition coefficient (Wildman–Crippen LogP) is 4.55. The number of rotatable bonds is 14. The maximum atomic E-state index is 10.2. The minimum absolute atomic E-state index is 0.211. The summed E-state index contributed by atoms with van der Waals surface area (Å²) >= 11 is 0. The molecular formula is C18H31O2-. The number of carboxylic acids is 1. The van der Waals surface area contributed by atoms with E-state index in [2.05, 4.69) is 31.2 Å². The van der Waals surface area contributed by atoms with Crippen LogP contribution in [0.15, 0.2) is 24.3 Å². The number of unbranched alkanes of at least 4 members (excludes halogenated alkanes) is 9. The molecule has 0 aromatic rings. The summed E-state index contributed by atoms with van der Waals surface area (Å²) in [5.41, 5.74) is 0. The van der Waals surface area contributed by atoms with Crippen molar-refractivity contribution in [2.24, 2.45) is 0 Å². The molecule has 0 rings (SSSR count). The van der Waals surface area contributed by atoms with E-state index in [1.807, 2.05) is 0 Å². The zero-order valence-corrected chi connectivity index (χ0v) is 13.1. The van der Waals surface area contributed by atoms with Crippen LogP contribution in [0, 0.1) is 0 Å². The number of hydrogen-bond donors (Lipinski definition) is 0. The van der Waals surface area contributed by atoms with E-state index in [1.165, 1.54) is 44.9 Å². The zero-order valence-electron chi connectivity index (χ0n) is 13.1. The monoisotopic (exact) mass is 279 g/mol. The summed E-state index contributed by atoms with van der Waals surface area (Å²) in [6.07, 6.45) is 21.9. The van der Waals surface area contributed by atoms with Crippen LogP contribution >= 0.6 is 0 Å². The Hall–Kier alpha value is -1.05. The Morgan fingerprint density at radius 1 is 0.800 bits per heavy atom. The Labute approximate surface area is 125 Å². The van der Waals surface area contributed by atoms with E-state index in [0.29, 0.717) is 0 Å². The van der Waals surface area contributed by atoms with Crippen molar-refractivity contribution in [3.05, 3.63) is 24.3 Å². The number of aliphatic carboxylic acids is 1. The van der Waals surface area contributed by atoms with Gasteiger partial charge in [0, 0.05) is 5.97 Å². The van der Waals surface area contributed by atoms with Gasteiger partial charge in [-0.25, -0.2) is 0 Å². The smallest absolute Gasteiger partial charge is 0.0414 e. The molecule has 2 heteroatoms. The highest BCUT2D eigenvalue weighted by atomic mass is 16.4. The summed E-state index contributed by atoms with van der Waals surface area (Å²) in [5.74, 6) is -0.922. The highest BCUT2D eigenvalue weighted by molar-refractivity contribution is 5.63. The second kappa shape index (κ2) is 16.0. The lowest BCUT2D eigenvalue weighted by molar-refractivity contribution is -0.305. The van der Waals surface area contributed by atoms with Crippen molar-refractivity contribution in [3.63, 3.8) is 0 Å². The van der Waals surface area contributed by atoms with E-state index in [9.17, 15) is 9.90 Å². The highest BCUT2D eigenvalue weighted by Gasteiger charge is 1.90. The minimum Gasteiger partial charge on any atom is -0.550 e. The van der Waals surface area contributed by atoms with Crippen LogP contribution in [-0.2, 0) is 4.79 Å². The van der Waals surface area contributed by atoms with Gasteiger partial charge in [-0.3, -0.25) is 0 Å². The Balaban J connectivity index is 3.19. The quantitative estimate of drug-likeness (QED) is 0.346. The average molecular weight is 279 g/mol. The predicted molar refractivity (Wildman–Crippen MR) is 84.4 cm³/mol. The van der Waals surface area contributed by atoms with Gasteiger partial charge in [-0.1, -0.05) is 69.8 Å². The third kappa shape index (κ3) is 16.9. The largest absolute Gasteiger partial charge is 0.550 e. The lowest BCUT2D eigenvalue weighted by atomic mass is 10.1. The second-order valence-electron chi connectivity index (χ2n) is 5.38. The van der Waals surface area contributed by atoms with Gasteiger partial charge in [0.05, 0.1) is 0 Å². The van der Waals surface area contributed by atoms with Crippen LogP contribution < -0.4 is 5.11 Å². The normalized spacial score (nSPS) is 11.7. The number of hydrogen-bond acceptors (Lipinski definition) is 2. The fraction of sp³-hybridized carbons (Fsp3) is 0.722. The molecule has 0 heterocycles. The van der Waals surface area contributed by atoms with Crippen molar-refractivity contribution in [2.45, 2.75) is 84.0 Å². The fourth-order valence-corrected chi connectivity index (χ4v) is 2.10. The van der Waals surface area contributed by atoms with Crippen LogP contribution in [-0.4, -0.2) is 5.97 Å². The minimum atomic E-state index is -0.922. The summed E-state index contributed by atoms with van der Waals surface area (Å²) in [5, 5.41) is 10.2. The van der Waals surface area contributed by atoms with E-state index in [-0.39, 0.29) is 6.42 Å². The summed E-state index contributed by atoms with van der Waals surface area (Å²) in [6.45, 7) is 2.24. The molecule has 0 amide bonds. The van der Waals surface area contributed by atoms with Gasteiger partial charge in [0.2, 0.25) is 0 Å². The Morgan fingerprint density at radius 2 is 1.30 bits per heavy atom. The van der Waals surface area contributed by atoms with Crippen LogP contribution in [0.4, 0.5) is 0 Å². The van der Waals surface area contributed by atoms with Crippen molar-refractivity contribution in [1.29, 1.82) is 0 Å². The van der Waals surface area contributed by atoms with Crippen LogP contribution in [0.1, 0.15) is 84.0 Å². The lowest BCUT2D eigenvalue weighted by Crippen LogP contribution is -2.21. The number of allylic oxidation sites excluding steroid dienone is 4. The van der Waals surface area contributed by atoms with Gasteiger partial charge in [-0.2, -0.15) is 0 Å². The topological polar surface area (TPSA) is 40.1 Å². The van der Waals surface area contributed by atoms with E-state index in [1.54, 1.807) is 0 Å². The SMILES string of the molecule is CCCCCC/C=C/C=C/CCCCCCCC(=O)[O-]. The first-order valence-electron chi connectivity index (χ1n) is 8.29. The molecule has 0 unspecified atom stereocenters. The molecule has 0 aliphatic heterocycles. The summed E-state index contributed by atoms with van der Waals surface area (Å²) in [6, 6.07) is 0. The molecule has 0 saturated carbocycles. The fourth-order valence-electron chi connectivity index (χ4n) is 2.10. The molecule has 0 aromatic carbocycles. The molecule has 2 nitrogen and oxygen atoms in total. The van der Waals surface area contributed by atoms with Crippen LogP contribution in [0.2, 0.25) is 0 Å². The Morgan fingerprint density at radius 3 is 1.85 bits per heavy atom. The Bertz CT molecular complexity index is 267. The van der Waals surface area contributed by atoms with Gasteiger partial charge < -0.3 is 9.90 Å². The summed E-state index contributed by atoms with van der Waals surface area (Å²) in [7, 11) is 0. The maximum absolute atomic E-state index is 10.2. The van der Waals surface area contributed by atoms with Gasteiger partial charge >= 0.3 is 0 Å². The average Bonchev–Trinajstić information content (AvgIpc) is 2.43. The molecule has 0 atom stereocenters. The van der Waals surface area contributed by atoms with Gasteiger partial charge in [-0.05, 0) is 38.5 Å². The second-order valence-corrected chi connectivity index (χ2v) is 5.38. The summed E-state index contributed by atoms with van der Waals surface area (Å²) < 4.78 is 0. The third-order valence-electron chi connectivity index (χ3n) is 3.36. The van der Waals surface area contributed by atoms with E-state index in [4.69, 9.17) is 0 Å². The third-order valence-corrected chi connectivity index (χ3v) is 3.36. The molecule has 0 radical (unpaired) electrons. The number of carbonyl (C=O) groups excluding carboxylic acids is 1. The Kier molecular flexibility index (Phi) is 15.2. The molecule has 0 saturated heterocycles. The maximum Gasteiger partial charge on any atom is 0.0414 e. The molecule has 0 fully saturated rings. The highest BCUT2D eigenvalue weighted by Crippen LogP contribution is 2.07. The van der Waals surface area contributed by atoms with Gasteiger partial charge in [-0.15, -0.1) is 0 Å². The van der Waals surface area contributed by atoms with Crippen molar-refractivity contribution in [2.75, 3.05) is 0 Å². The standard InChI is InChI=1S/C18H32O2/c1-2-3-4-5-6-7-8-9-10-11-12-13-14-15-16-17-18(19)20/h7-10H,2-6,11-17H2,1H3,(H,19,20)/p-1/b8-7+,10-9+. The molecule has 0 aliphatic rings. The molecule has 0 aromatic heterocycles. The van der Waals surface area contributed by atoms with E-state index >= 15 is 0 Å². The van der Waals surface area contributed by atoms with Crippen molar-refractivity contribution in [1.82, 2.24) is 0 Å². The lowest BCUT2D eigenvalue weighted by Gasteiger charge is -2.01. The summed E-state index contributed by atoms with van der Waals surface area (Å²) in [4.78, 5) is 10.2. The van der Waals surface area contributed by atoms with Gasteiger partial charge in [0.25, 0.3) is 0 Å². The molecule has 0 aliphatic carbocycles. The number of carboxylic acid groups (broad SMARTS) is 1. The molecule has 0 bridgehead atoms. The zero-order chi connectivity index (χ0) is 14.9. The first-order valence-corrected chi connectivity index (χ1v) is 8.29.